The Bertz CT molecular complexity index is 1100. The Morgan fingerprint density at radius 2 is 1.59 bits per heavy atom. The van der Waals surface area contributed by atoms with Gasteiger partial charge in [0, 0.05) is 16.6 Å². The molecule has 0 saturated carbocycles. The zero-order valence-corrected chi connectivity index (χ0v) is 18.3. The van der Waals surface area contributed by atoms with Gasteiger partial charge in [0.15, 0.2) is 6.61 Å². The predicted molar refractivity (Wildman–Crippen MR) is 123 cm³/mol. The molecule has 0 aliphatic heterocycles. The van der Waals surface area contributed by atoms with Gasteiger partial charge in [-0.2, -0.15) is 0 Å². The number of nitrogens with one attached hydrogen (secondary N) is 2. The summed E-state index contributed by atoms with van der Waals surface area (Å²) in [4.78, 5) is 37.5. The molecule has 0 unspecified atom stereocenters. The van der Waals surface area contributed by atoms with Crippen molar-refractivity contribution in [2.45, 2.75) is 19.9 Å². The first-order valence-electron chi connectivity index (χ1n) is 10.3. The second-order valence-corrected chi connectivity index (χ2v) is 7.61. The molecule has 0 bridgehead atoms. The minimum absolute atomic E-state index is 0.231. The van der Waals surface area contributed by atoms with Crippen molar-refractivity contribution < 1.29 is 23.9 Å². The SMILES string of the molecule is COc1ccc(C(=O)N[C@H](C(=O)OCC(=O)Nc2cccc3ccccc23)C(C)C)cc1. The van der Waals surface area contributed by atoms with Crippen LogP contribution in [0.3, 0.4) is 0 Å². The molecule has 0 saturated heterocycles. The van der Waals surface area contributed by atoms with Crippen molar-refractivity contribution >= 4 is 34.2 Å². The minimum Gasteiger partial charge on any atom is -0.497 e. The molecule has 2 N–H and O–H groups in total. The third-order valence-corrected chi connectivity index (χ3v) is 4.97. The van der Waals surface area contributed by atoms with Crippen LogP contribution in [-0.2, 0) is 14.3 Å². The van der Waals surface area contributed by atoms with E-state index < -0.39 is 30.4 Å². The third-order valence-electron chi connectivity index (χ3n) is 4.97. The molecule has 0 aliphatic carbocycles. The predicted octanol–water partition coefficient (Wildman–Crippen LogP) is 3.78. The van der Waals surface area contributed by atoms with Crippen LogP contribution in [0, 0.1) is 5.92 Å². The van der Waals surface area contributed by atoms with Crippen LogP contribution in [-0.4, -0.2) is 37.5 Å². The molecular weight excluding hydrogens is 408 g/mol. The summed E-state index contributed by atoms with van der Waals surface area (Å²) in [5, 5.41) is 7.33. The van der Waals surface area contributed by atoms with Gasteiger partial charge < -0.3 is 20.1 Å². The van der Waals surface area contributed by atoms with E-state index in [2.05, 4.69) is 10.6 Å². The Kier molecular flexibility index (Phi) is 7.44. The van der Waals surface area contributed by atoms with Crippen molar-refractivity contribution in [3.05, 3.63) is 72.3 Å². The zero-order valence-electron chi connectivity index (χ0n) is 18.3. The van der Waals surface area contributed by atoms with Crippen LogP contribution >= 0.6 is 0 Å². The molecule has 0 heterocycles. The van der Waals surface area contributed by atoms with Gasteiger partial charge in [-0.1, -0.05) is 50.2 Å². The lowest BCUT2D eigenvalue weighted by Gasteiger charge is -2.21. The van der Waals surface area contributed by atoms with Crippen LogP contribution in [0.2, 0.25) is 0 Å². The number of anilines is 1. The first-order valence-corrected chi connectivity index (χ1v) is 10.3. The molecule has 32 heavy (non-hydrogen) atoms. The van der Waals surface area contributed by atoms with Gasteiger partial charge in [-0.25, -0.2) is 4.79 Å². The fourth-order valence-electron chi connectivity index (χ4n) is 3.21. The number of benzene rings is 3. The van der Waals surface area contributed by atoms with Crippen molar-refractivity contribution in [3.63, 3.8) is 0 Å². The average molecular weight is 434 g/mol. The summed E-state index contributed by atoms with van der Waals surface area (Å²) in [5.41, 5.74) is 1.02. The molecule has 7 heteroatoms. The zero-order chi connectivity index (χ0) is 23.1. The average Bonchev–Trinajstić information content (AvgIpc) is 2.81. The number of hydrogen-bond donors (Lipinski definition) is 2. The van der Waals surface area contributed by atoms with E-state index in [9.17, 15) is 14.4 Å². The van der Waals surface area contributed by atoms with E-state index in [1.807, 2.05) is 36.4 Å². The third kappa shape index (κ3) is 5.63. The quantitative estimate of drug-likeness (QED) is 0.526. The monoisotopic (exact) mass is 434 g/mol. The fraction of sp³-hybridized carbons (Fsp3) is 0.240. The summed E-state index contributed by atoms with van der Waals surface area (Å²) >= 11 is 0. The maximum absolute atomic E-state index is 12.6. The Balaban J connectivity index is 1.59. The van der Waals surface area contributed by atoms with Crippen molar-refractivity contribution in [3.8, 4) is 5.75 Å². The molecule has 0 spiro atoms. The molecule has 2 amide bonds. The number of rotatable bonds is 8. The molecule has 0 aromatic heterocycles. The van der Waals surface area contributed by atoms with Crippen LogP contribution < -0.4 is 15.4 Å². The Morgan fingerprint density at radius 1 is 0.906 bits per heavy atom. The summed E-state index contributed by atoms with van der Waals surface area (Å²) < 4.78 is 10.3. The van der Waals surface area contributed by atoms with E-state index >= 15 is 0 Å². The maximum Gasteiger partial charge on any atom is 0.329 e. The molecular formula is C25H26N2O5. The topological polar surface area (TPSA) is 93.7 Å². The van der Waals surface area contributed by atoms with Gasteiger partial charge in [-0.15, -0.1) is 0 Å². The van der Waals surface area contributed by atoms with E-state index in [0.717, 1.165) is 10.8 Å². The van der Waals surface area contributed by atoms with Crippen molar-refractivity contribution in [2.75, 3.05) is 19.0 Å². The van der Waals surface area contributed by atoms with Crippen molar-refractivity contribution in [1.29, 1.82) is 0 Å². The van der Waals surface area contributed by atoms with Gasteiger partial charge in [0.1, 0.15) is 11.8 Å². The number of ether oxygens (including phenoxy) is 2. The lowest BCUT2D eigenvalue weighted by molar-refractivity contribution is -0.150. The fourth-order valence-corrected chi connectivity index (χ4v) is 3.21. The second-order valence-electron chi connectivity index (χ2n) is 7.61. The number of methoxy groups -OCH3 is 1. The molecule has 3 aromatic rings. The van der Waals surface area contributed by atoms with E-state index in [1.165, 1.54) is 7.11 Å². The molecule has 0 fully saturated rings. The number of carbonyl (C=O) groups is 3. The van der Waals surface area contributed by atoms with E-state index in [1.54, 1.807) is 44.2 Å². The molecule has 0 aliphatic rings. The molecule has 166 valence electrons. The summed E-state index contributed by atoms with van der Waals surface area (Å²) in [6, 6.07) is 18.9. The highest BCUT2D eigenvalue weighted by Crippen LogP contribution is 2.22. The normalized spacial score (nSPS) is 11.6. The molecule has 7 nitrogen and oxygen atoms in total. The van der Waals surface area contributed by atoms with Gasteiger partial charge >= 0.3 is 5.97 Å². The Labute approximate surface area is 186 Å². The highest BCUT2D eigenvalue weighted by Gasteiger charge is 2.27. The lowest BCUT2D eigenvalue weighted by Crippen LogP contribution is -2.45. The van der Waals surface area contributed by atoms with E-state index in [-0.39, 0.29) is 5.92 Å². The lowest BCUT2D eigenvalue weighted by atomic mass is 10.0. The molecule has 3 aromatic carbocycles. The number of hydrogen-bond acceptors (Lipinski definition) is 5. The van der Waals surface area contributed by atoms with Gasteiger partial charge in [-0.3, -0.25) is 9.59 Å². The highest BCUT2D eigenvalue weighted by atomic mass is 16.5. The molecule has 0 radical (unpaired) electrons. The van der Waals surface area contributed by atoms with Crippen LogP contribution in [0.5, 0.6) is 5.75 Å². The van der Waals surface area contributed by atoms with Gasteiger partial charge in [0.2, 0.25) is 0 Å². The first kappa shape index (κ1) is 22.8. The first-order chi connectivity index (χ1) is 15.4. The Hall–Kier alpha value is -3.87. The van der Waals surface area contributed by atoms with Gasteiger partial charge in [0.05, 0.1) is 7.11 Å². The largest absolute Gasteiger partial charge is 0.497 e. The standard InChI is InChI=1S/C25H26N2O5/c1-16(2)23(27-24(29)18-11-13-19(31-3)14-12-18)25(30)32-15-22(28)26-21-10-6-8-17-7-4-5-9-20(17)21/h4-14,16,23H,15H2,1-3H3,(H,26,28)(H,27,29)/t23-/m0/s1. The van der Waals surface area contributed by atoms with E-state index in [4.69, 9.17) is 9.47 Å². The van der Waals surface area contributed by atoms with Crippen LogP contribution in [0.4, 0.5) is 5.69 Å². The van der Waals surface area contributed by atoms with Crippen LogP contribution in [0.15, 0.2) is 66.7 Å². The van der Waals surface area contributed by atoms with Gasteiger partial charge in [0.25, 0.3) is 11.8 Å². The summed E-state index contributed by atoms with van der Waals surface area (Å²) in [5.74, 6) is -1.15. The van der Waals surface area contributed by atoms with Gasteiger partial charge in [-0.05, 0) is 41.6 Å². The van der Waals surface area contributed by atoms with E-state index in [0.29, 0.717) is 17.0 Å². The smallest absolute Gasteiger partial charge is 0.329 e. The summed E-state index contributed by atoms with van der Waals surface area (Å²) in [6.45, 7) is 3.12. The maximum atomic E-state index is 12.6. The van der Waals surface area contributed by atoms with Crippen molar-refractivity contribution in [1.82, 2.24) is 5.32 Å². The Morgan fingerprint density at radius 3 is 2.28 bits per heavy atom. The summed E-state index contributed by atoms with van der Waals surface area (Å²) in [6.07, 6.45) is 0. The number of amides is 2. The number of fused-ring (bicyclic) bond motifs is 1. The second kappa shape index (κ2) is 10.4. The minimum atomic E-state index is -0.894. The number of carbonyl (C=O) groups excluding carboxylic acids is 3. The van der Waals surface area contributed by atoms with Crippen LogP contribution in [0.1, 0.15) is 24.2 Å². The molecule has 1 atom stereocenters. The highest BCUT2D eigenvalue weighted by molar-refractivity contribution is 6.03. The number of esters is 1. The molecule has 3 rings (SSSR count). The van der Waals surface area contributed by atoms with Crippen LogP contribution in [0.25, 0.3) is 10.8 Å². The van der Waals surface area contributed by atoms with Crippen molar-refractivity contribution in [2.24, 2.45) is 5.92 Å². The summed E-state index contributed by atoms with van der Waals surface area (Å²) in [7, 11) is 1.54.